The Morgan fingerprint density at radius 2 is 1.93 bits per heavy atom. The highest BCUT2D eigenvalue weighted by molar-refractivity contribution is 7.22. The van der Waals surface area contributed by atoms with Crippen LogP contribution in [0.25, 0.3) is 20.7 Å². The number of aliphatic hydroxyl groups is 1. The van der Waals surface area contributed by atoms with Crippen molar-refractivity contribution in [1.82, 2.24) is 9.55 Å². The molecule has 0 aliphatic carbocycles. The molecule has 0 aliphatic rings. The van der Waals surface area contributed by atoms with E-state index in [4.69, 9.17) is 4.74 Å². The summed E-state index contributed by atoms with van der Waals surface area (Å²) in [5.41, 5.74) is 1.06. The standard InChI is InChI=1S/C21H16F2N2O3S/c1-28-14-5-2-12(3-6-14)19-9-17-20(29-19)21(27)25(11-24-17)10-18(26)15-7-4-13(22)8-16(15)23/h2-9,11,18,26H,10H2,1H3. The fraction of sp³-hybridized carbons (Fsp3) is 0.143. The van der Waals surface area contributed by atoms with Gasteiger partial charge < -0.3 is 9.84 Å². The van der Waals surface area contributed by atoms with Gasteiger partial charge in [-0.25, -0.2) is 13.8 Å². The van der Waals surface area contributed by atoms with Crippen molar-refractivity contribution in [2.75, 3.05) is 7.11 Å². The van der Waals surface area contributed by atoms with Crippen LogP contribution in [0.3, 0.4) is 0 Å². The number of halogens is 2. The third kappa shape index (κ3) is 3.76. The molecule has 1 N–H and O–H groups in total. The number of benzene rings is 2. The second-order valence-electron chi connectivity index (χ2n) is 6.44. The van der Waals surface area contributed by atoms with Crippen LogP contribution in [-0.4, -0.2) is 21.8 Å². The zero-order chi connectivity index (χ0) is 20.5. The van der Waals surface area contributed by atoms with Crippen LogP contribution in [-0.2, 0) is 6.54 Å². The SMILES string of the molecule is COc1ccc(-c2cc3ncn(CC(O)c4ccc(F)cc4F)c(=O)c3s2)cc1. The average Bonchev–Trinajstić information content (AvgIpc) is 3.15. The molecule has 0 bridgehead atoms. The van der Waals surface area contributed by atoms with Crippen LogP contribution < -0.4 is 10.3 Å². The monoisotopic (exact) mass is 414 g/mol. The molecule has 2 heterocycles. The maximum Gasteiger partial charge on any atom is 0.271 e. The van der Waals surface area contributed by atoms with Crippen LogP contribution in [0.15, 0.2) is 59.7 Å². The molecule has 5 nitrogen and oxygen atoms in total. The summed E-state index contributed by atoms with van der Waals surface area (Å²) in [5, 5.41) is 10.3. The normalized spacial score (nSPS) is 12.3. The van der Waals surface area contributed by atoms with E-state index >= 15 is 0 Å². The van der Waals surface area contributed by atoms with Crippen molar-refractivity contribution in [3.8, 4) is 16.2 Å². The first kappa shape index (κ1) is 19.2. The molecule has 148 valence electrons. The number of hydrogen-bond acceptors (Lipinski definition) is 5. The lowest BCUT2D eigenvalue weighted by Crippen LogP contribution is -2.23. The molecule has 0 spiro atoms. The Kier molecular flexibility index (Phi) is 5.12. The molecular formula is C21H16F2N2O3S. The molecule has 8 heteroatoms. The largest absolute Gasteiger partial charge is 0.497 e. The lowest BCUT2D eigenvalue weighted by molar-refractivity contribution is 0.150. The lowest BCUT2D eigenvalue weighted by atomic mass is 10.1. The minimum Gasteiger partial charge on any atom is -0.497 e. The van der Waals surface area contributed by atoms with Gasteiger partial charge in [-0.2, -0.15) is 0 Å². The van der Waals surface area contributed by atoms with Crippen LogP contribution in [0.5, 0.6) is 5.75 Å². The number of aromatic nitrogens is 2. The van der Waals surface area contributed by atoms with Crippen LogP contribution in [0.2, 0.25) is 0 Å². The zero-order valence-corrected chi connectivity index (χ0v) is 16.1. The first-order valence-electron chi connectivity index (χ1n) is 8.72. The van der Waals surface area contributed by atoms with Gasteiger partial charge in [0.15, 0.2) is 0 Å². The molecule has 1 atom stereocenters. The summed E-state index contributed by atoms with van der Waals surface area (Å²) >= 11 is 1.29. The highest BCUT2D eigenvalue weighted by Gasteiger charge is 2.17. The van der Waals surface area contributed by atoms with Gasteiger partial charge in [-0.3, -0.25) is 9.36 Å². The average molecular weight is 414 g/mol. The number of hydrogen-bond donors (Lipinski definition) is 1. The molecule has 1 unspecified atom stereocenters. The summed E-state index contributed by atoms with van der Waals surface area (Å²) in [5.74, 6) is -0.863. The molecular weight excluding hydrogens is 398 g/mol. The lowest BCUT2D eigenvalue weighted by Gasteiger charge is -2.13. The van der Waals surface area contributed by atoms with E-state index in [0.29, 0.717) is 16.3 Å². The van der Waals surface area contributed by atoms with Crippen molar-refractivity contribution < 1.29 is 18.6 Å². The van der Waals surface area contributed by atoms with Crippen LogP contribution in [0, 0.1) is 11.6 Å². The van der Waals surface area contributed by atoms with Gasteiger partial charge in [-0.05, 0) is 42.0 Å². The molecule has 2 aromatic heterocycles. The third-order valence-electron chi connectivity index (χ3n) is 4.57. The molecule has 4 aromatic rings. The summed E-state index contributed by atoms with van der Waals surface area (Å²) in [6.45, 7) is -0.194. The van der Waals surface area contributed by atoms with E-state index in [1.165, 1.54) is 28.3 Å². The quantitative estimate of drug-likeness (QED) is 0.533. The highest BCUT2D eigenvalue weighted by atomic mass is 32.1. The Labute approximate surface area is 168 Å². The highest BCUT2D eigenvalue weighted by Crippen LogP contribution is 2.32. The van der Waals surface area contributed by atoms with E-state index in [1.54, 1.807) is 7.11 Å². The Balaban J connectivity index is 1.66. The minimum absolute atomic E-state index is 0.0801. The second kappa shape index (κ2) is 7.73. The summed E-state index contributed by atoms with van der Waals surface area (Å²) in [4.78, 5) is 18.0. The van der Waals surface area contributed by atoms with Crippen LogP contribution in [0.1, 0.15) is 11.7 Å². The van der Waals surface area contributed by atoms with E-state index in [0.717, 1.165) is 22.3 Å². The van der Waals surface area contributed by atoms with Gasteiger partial charge in [0, 0.05) is 16.5 Å². The van der Waals surface area contributed by atoms with Gasteiger partial charge in [-0.15, -0.1) is 11.3 Å². The number of methoxy groups -OCH3 is 1. The second-order valence-corrected chi connectivity index (χ2v) is 7.49. The summed E-state index contributed by atoms with van der Waals surface area (Å²) in [6.07, 6.45) is 0.00777. The van der Waals surface area contributed by atoms with Crippen LogP contribution in [0.4, 0.5) is 8.78 Å². The number of thiophene rings is 1. The predicted octanol–water partition coefficient (Wildman–Crippen LogP) is 4.15. The number of aliphatic hydroxyl groups excluding tert-OH is 1. The van der Waals surface area contributed by atoms with Crippen molar-refractivity contribution in [3.05, 3.63) is 82.4 Å². The first-order chi connectivity index (χ1) is 14.0. The number of nitrogens with zero attached hydrogens (tertiary/aromatic N) is 2. The summed E-state index contributed by atoms with van der Waals surface area (Å²) < 4.78 is 33.8. The Hall–Kier alpha value is -3.10. The smallest absolute Gasteiger partial charge is 0.271 e. The fourth-order valence-electron chi connectivity index (χ4n) is 3.03. The van der Waals surface area contributed by atoms with Crippen molar-refractivity contribution >= 4 is 21.6 Å². The summed E-state index contributed by atoms with van der Waals surface area (Å²) in [6, 6.07) is 12.2. The van der Waals surface area contributed by atoms with E-state index < -0.39 is 17.7 Å². The Morgan fingerprint density at radius 1 is 1.17 bits per heavy atom. The number of fused-ring (bicyclic) bond motifs is 1. The predicted molar refractivity (Wildman–Crippen MR) is 107 cm³/mol. The number of rotatable bonds is 5. The maximum atomic E-state index is 13.9. The van der Waals surface area contributed by atoms with E-state index in [1.807, 2.05) is 30.3 Å². The van der Waals surface area contributed by atoms with Gasteiger partial charge in [0.2, 0.25) is 0 Å². The van der Waals surface area contributed by atoms with Gasteiger partial charge in [0.05, 0.1) is 31.6 Å². The summed E-state index contributed by atoms with van der Waals surface area (Å²) in [7, 11) is 1.59. The Morgan fingerprint density at radius 3 is 2.62 bits per heavy atom. The topological polar surface area (TPSA) is 64.3 Å². The third-order valence-corrected chi connectivity index (χ3v) is 5.73. The van der Waals surface area contributed by atoms with Crippen molar-refractivity contribution in [2.45, 2.75) is 12.6 Å². The molecule has 0 saturated carbocycles. The molecule has 0 fully saturated rings. The molecule has 0 aliphatic heterocycles. The van der Waals surface area contributed by atoms with Gasteiger partial charge >= 0.3 is 0 Å². The van der Waals surface area contributed by atoms with E-state index in [-0.39, 0.29) is 17.7 Å². The fourth-order valence-corrected chi connectivity index (χ4v) is 4.09. The molecule has 0 saturated heterocycles. The van der Waals surface area contributed by atoms with Crippen molar-refractivity contribution in [2.24, 2.45) is 0 Å². The number of ether oxygens (including phenoxy) is 1. The molecule has 0 radical (unpaired) electrons. The van der Waals surface area contributed by atoms with Gasteiger partial charge in [0.25, 0.3) is 5.56 Å². The Bertz CT molecular complexity index is 1240. The zero-order valence-electron chi connectivity index (χ0n) is 15.3. The minimum atomic E-state index is -1.31. The van der Waals surface area contributed by atoms with Crippen LogP contribution >= 0.6 is 11.3 Å². The first-order valence-corrected chi connectivity index (χ1v) is 9.54. The molecule has 29 heavy (non-hydrogen) atoms. The van der Waals surface area contributed by atoms with Crippen molar-refractivity contribution in [1.29, 1.82) is 0 Å². The van der Waals surface area contributed by atoms with E-state index in [9.17, 15) is 18.7 Å². The van der Waals surface area contributed by atoms with Gasteiger partial charge in [0.1, 0.15) is 22.1 Å². The molecule has 4 rings (SSSR count). The molecule has 2 aromatic carbocycles. The maximum absolute atomic E-state index is 13.9. The van der Waals surface area contributed by atoms with E-state index in [2.05, 4.69) is 4.98 Å². The van der Waals surface area contributed by atoms with Gasteiger partial charge in [-0.1, -0.05) is 6.07 Å². The molecule has 0 amide bonds. The van der Waals surface area contributed by atoms with Crippen molar-refractivity contribution in [3.63, 3.8) is 0 Å².